The van der Waals surface area contributed by atoms with E-state index in [1.807, 2.05) is 4.90 Å². The number of non-ortho nitro benzene ring substituents is 1. The zero-order chi connectivity index (χ0) is 20.2. The van der Waals surface area contributed by atoms with Crippen LogP contribution in [-0.4, -0.2) is 47.3 Å². The van der Waals surface area contributed by atoms with Crippen molar-refractivity contribution in [1.82, 2.24) is 10.2 Å². The third-order valence-electron chi connectivity index (χ3n) is 4.51. The number of nitro benzene ring substituents is 1. The quantitative estimate of drug-likeness (QED) is 0.517. The number of morpholine rings is 1. The Morgan fingerprint density at radius 1 is 1.17 bits per heavy atom. The standard InChI is InChI=1S/C19H17N5O5/c25-18(21-14-3-1-2-13(10-14)19-22-20-12-29-19)16-11-15(24(26)27)4-5-17(16)23-6-8-28-9-7-23/h1-5,10-12H,6-9H2,(H,21,25). The predicted molar refractivity (Wildman–Crippen MR) is 104 cm³/mol. The van der Waals surface area contributed by atoms with E-state index in [4.69, 9.17) is 9.15 Å². The Morgan fingerprint density at radius 2 is 2.00 bits per heavy atom. The van der Waals surface area contributed by atoms with Crippen molar-refractivity contribution in [1.29, 1.82) is 0 Å². The molecule has 1 amide bonds. The lowest BCUT2D eigenvalue weighted by atomic mass is 10.1. The van der Waals surface area contributed by atoms with Crippen LogP contribution in [0.3, 0.4) is 0 Å². The van der Waals surface area contributed by atoms with Crippen molar-refractivity contribution in [2.75, 3.05) is 36.5 Å². The van der Waals surface area contributed by atoms with Crippen LogP contribution in [0.15, 0.2) is 53.3 Å². The van der Waals surface area contributed by atoms with Crippen molar-refractivity contribution in [2.24, 2.45) is 0 Å². The van der Waals surface area contributed by atoms with Gasteiger partial charge in [-0.15, -0.1) is 10.2 Å². The molecule has 10 nitrogen and oxygen atoms in total. The molecule has 1 aliphatic heterocycles. The van der Waals surface area contributed by atoms with Gasteiger partial charge in [-0.05, 0) is 24.3 Å². The number of nitrogens with zero attached hydrogens (tertiary/aromatic N) is 4. The van der Waals surface area contributed by atoms with Crippen molar-refractivity contribution in [3.8, 4) is 11.5 Å². The maximum absolute atomic E-state index is 13.0. The number of nitrogens with one attached hydrogen (secondary N) is 1. The number of hydrogen-bond donors (Lipinski definition) is 1. The molecule has 4 rings (SSSR count). The van der Waals surface area contributed by atoms with Gasteiger partial charge in [0.25, 0.3) is 11.6 Å². The number of hydrogen-bond acceptors (Lipinski definition) is 8. The van der Waals surface area contributed by atoms with E-state index >= 15 is 0 Å². The summed E-state index contributed by atoms with van der Waals surface area (Å²) >= 11 is 0. The highest BCUT2D eigenvalue weighted by Crippen LogP contribution is 2.28. The number of amides is 1. The van der Waals surface area contributed by atoms with E-state index in [0.29, 0.717) is 49.1 Å². The minimum Gasteiger partial charge on any atom is -0.423 e. The van der Waals surface area contributed by atoms with Crippen LogP contribution in [0.2, 0.25) is 0 Å². The van der Waals surface area contributed by atoms with E-state index < -0.39 is 10.8 Å². The fourth-order valence-electron chi connectivity index (χ4n) is 3.13. The second-order valence-electron chi connectivity index (χ2n) is 6.34. The van der Waals surface area contributed by atoms with Crippen molar-refractivity contribution >= 4 is 23.0 Å². The topological polar surface area (TPSA) is 124 Å². The Balaban J connectivity index is 1.64. The third kappa shape index (κ3) is 4.06. The first-order valence-electron chi connectivity index (χ1n) is 8.91. The Labute approximate surface area is 165 Å². The first-order valence-corrected chi connectivity index (χ1v) is 8.91. The van der Waals surface area contributed by atoms with Gasteiger partial charge in [0, 0.05) is 36.5 Å². The summed E-state index contributed by atoms with van der Waals surface area (Å²) in [7, 11) is 0. The van der Waals surface area contributed by atoms with Crippen LogP contribution in [0.25, 0.3) is 11.5 Å². The van der Waals surface area contributed by atoms with Gasteiger partial charge in [-0.2, -0.15) is 0 Å². The lowest BCUT2D eigenvalue weighted by molar-refractivity contribution is -0.384. The molecular formula is C19H17N5O5. The van der Waals surface area contributed by atoms with Gasteiger partial charge in [0.1, 0.15) is 0 Å². The normalized spacial score (nSPS) is 13.9. The first kappa shape index (κ1) is 18.6. The highest BCUT2D eigenvalue weighted by molar-refractivity contribution is 6.08. The molecule has 1 saturated heterocycles. The van der Waals surface area contributed by atoms with Crippen molar-refractivity contribution in [3.63, 3.8) is 0 Å². The summed E-state index contributed by atoms with van der Waals surface area (Å²) < 4.78 is 10.5. The van der Waals surface area contributed by atoms with Gasteiger partial charge in [0.15, 0.2) is 0 Å². The van der Waals surface area contributed by atoms with Gasteiger partial charge in [0.2, 0.25) is 12.3 Å². The number of nitro groups is 1. The molecule has 1 N–H and O–H groups in total. The Kier molecular flexibility index (Phi) is 5.16. The molecule has 1 aliphatic rings. The molecule has 2 aromatic carbocycles. The highest BCUT2D eigenvalue weighted by Gasteiger charge is 2.22. The van der Waals surface area contributed by atoms with Crippen LogP contribution < -0.4 is 10.2 Å². The van der Waals surface area contributed by atoms with Crippen molar-refractivity contribution in [3.05, 3.63) is 64.5 Å². The number of ether oxygens (including phenoxy) is 1. The summed E-state index contributed by atoms with van der Waals surface area (Å²) in [6, 6.07) is 11.2. The molecule has 0 saturated carbocycles. The lowest BCUT2D eigenvalue weighted by Gasteiger charge is -2.30. The van der Waals surface area contributed by atoms with Gasteiger partial charge >= 0.3 is 0 Å². The molecule has 0 spiro atoms. The van der Waals surface area contributed by atoms with E-state index in [9.17, 15) is 14.9 Å². The fourth-order valence-corrected chi connectivity index (χ4v) is 3.13. The molecule has 2 heterocycles. The van der Waals surface area contributed by atoms with E-state index in [1.54, 1.807) is 30.3 Å². The summed E-state index contributed by atoms with van der Waals surface area (Å²) in [5.74, 6) is -0.122. The van der Waals surface area contributed by atoms with Gasteiger partial charge in [0.05, 0.1) is 29.4 Å². The monoisotopic (exact) mass is 395 g/mol. The summed E-state index contributed by atoms with van der Waals surface area (Å²) in [6.45, 7) is 2.27. The highest BCUT2D eigenvalue weighted by atomic mass is 16.6. The molecule has 3 aromatic rings. The minimum atomic E-state index is -0.518. The number of rotatable bonds is 5. The molecule has 0 unspecified atom stereocenters. The summed E-state index contributed by atoms with van der Waals surface area (Å²) in [6.07, 6.45) is 1.22. The zero-order valence-electron chi connectivity index (χ0n) is 15.3. The zero-order valence-corrected chi connectivity index (χ0v) is 15.3. The van der Waals surface area contributed by atoms with Crippen LogP contribution in [0, 0.1) is 10.1 Å². The molecule has 148 valence electrons. The van der Waals surface area contributed by atoms with Crippen molar-refractivity contribution < 1.29 is 18.9 Å². The number of aromatic nitrogens is 2. The lowest BCUT2D eigenvalue weighted by Crippen LogP contribution is -2.37. The summed E-state index contributed by atoms with van der Waals surface area (Å²) in [5.41, 5.74) is 1.86. The molecule has 1 aromatic heterocycles. The summed E-state index contributed by atoms with van der Waals surface area (Å²) in [4.78, 5) is 25.7. The second-order valence-corrected chi connectivity index (χ2v) is 6.34. The van der Waals surface area contributed by atoms with Crippen molar-refractivity contribution in [2.45, 2.75) is 0 Å². The summed E-state index contributed by atoms with van der Waals surface area (Å²) in [5, 5.41) is 21.5. The molecule has 0 aliphatic carbocycles. The van der Waals surface area contributed by atoms with Gasteiger partial charge in [-0.3, -0.25) is 14.9 Å². The largest absolute Gasteiger partial charge is 0.423 e. The minimum absolute atomic E-state index is 0.147. The van der Waals surface area contributed by atoms with Gasteiger partial charge < -0.3 is 19.4 Å². The van der Waals surface area contributed by atoms with Crippen LogP contribution >= 0.6 is 0 Å². The van der Waals surface area contributed by atoms with E-state index in [2.05, 4.69) is 15.5 Å². The fraction of sp³-hybridized carbons (Fsp3) is 0.211. The SMILES string of the molecule is O=C(Nc1cccc(-c2nnco2)c1)c1cc([N+](=O)[O-])ccc1N1CCOCC1. The molecule has 29 heavy (non-hydrogen) atoms. The molecular weight excluding hydrogens is 378 g/mol. The van der Waals surface area contributed by atoms with Crippen LogP contribution in [0.4, 0.5) is 17.1 Å². The third-order valence-corrected chi connectivity index (χ3v) is 4.51. The first-order chi connectivity index (χ1) is 14.1. The maximum atomic E-state index is 13.0. The average molecular weight is 395 g/mol. The molecule has 0 atom stereocenters. The molecule has 0 bridgehead atoms. The van der Waals surface area contributed by atoms with Gasteiger partial charge in [-0.1, -0.05) is 6.07 Å². The Morgan fingerprint density at radius 3 is 2.72 bits per heavy atom. The number of benzene rings is 2. The van der Waals surface area contributed by atoms with Crippen LogP contribution in [0.5, 0.6) is 0 Å². The molecule has 10 heteroatoms. The van der Waals surface area contributed by atoms with Gasteiger partial charge in [-0.25, -0.2) is 0 Å². The number of anilines is 2. The van der Waals surface area contributed by atoms with E-state index in [0.717, 1.165) is 0 Å². The average Bonchev–Trinajstić information content (AvgIpc) is 3.29. The Bertz CT molecular complexity index is 1030. The Hall–Kier alpha value is -3.79. The molecule has 0 radical (unpaired) electrons. The van der Waals surface area contributed by atoms with E-state index in [1.165, 1.54) is 18.5 Å². The number of carbonyl (C=O) groups is 1. The van der Waals surface area contributed by atoms with Crippen LogP contribution in [-0.2, 0) is 4.74 Å². The number of carbonyl (C=O) groups excluding carboxylic acids is 1. The predicted octanol–water partition coefficient (Wildman–Crippen LogP) is 2.73. The maximum Gasteiger partial charge on any atom is 0.270 e. The smallest absolute Gasteiger partial charge is 0.270 e. The van der Waals surface area contributed by atoms with E-state index in [-0.39, 0.29) is 11.3 Å². The van der Waals surface area contributed by atoms with Crippen LogP contribution in [0.1, 0.15) is 10.4 Å². The second kappa shape index (κ2) is 8.07. The molecule has 1 fully saturated rings.